The van der Waals surface area contributed by atoms with Crippen LogP contribution in [0, 0.1) is 0 Å². The summed E-state index contributed by atoms with van der Waals surface area (Å²) in [5.74, 6) is -2.01. The van der Waals surface area contributed by atoms with Gasteiger partial charge in [-0.2, -0.15) is 0 Å². The Morgan fingerprint density at radius 3 is 1.88 bits per heavy atom. The Morgan fingerprint density at radius 1 is 0.792 bits per heavy atom. The molecule has 24 heavy (non-hydrogen) atoms. The zero-order valence-corrected chi connectivity index (χ0v) is 12.9. The number of rotatable bonds is 4. The van der Waals surface area contributed by atoms with Crippen molar-refractivity contribution in [1.29, 1.82) is 0 Å². The molecule has 2 saturated heterocycles. The fourth-order valence-corrected chi connectivity index (χ4v) is 2.79. The molecule has 0 aromatic carbocycles. The van der Waals surface area contributed by atoms with E-state index in [2.05, 4.69) is 0 Å². The predicted octanol–water partition coefficient (Wildman–Crippen LogP) is -5.01. The SMILES string of the molecule is C[C@]1(O[C@H]2OC(CO)[C@@H](O)C(O)C2O)OC(CO)[C@H](O)[C@H](O)C1O. The molecule has 11 nitrogen and oxygen atoms in total. The van der Waals surface area contributed by atoms with Crippen molar-refractivity contribution in [3.63, 3.8) is 0 Å². The van der Waals surface area contributed by atoms with Gasteiger partial charge < -0.3 is 55.1 Å². The summed E-state index contributed by atoms with van der Waals surface area (Å²) in [6, 6.07) is 0. The van der Waals surface area contributed by atoms with Crippen molar-refractivity contribution >= 4 is 0 Å². The van der Waals surface area contributed by atoms with Gasteiger partial charge in [0.1, 0.15) is 48.8 Å². The van der Waals surface area contributed by atoms with Crippen LogP contribution in [0.1, 0.15) is 6.92 Å². The van der Waals surface area contributed by atoms with Gasteiger partial charge in [0.05, 0.1) is 13.2 Å². The molecular weight excluding hydrogens is 332 g/mol. The molecule has 0 spiro atoms. The summed E-state index contributed by atoms with van der Waals surface area (Å²) in [7, 11) is 0. The van der Waals surface area contributed by atoms with Crippen LogP contribution in [0.2, 0.25) is 0 Å². The Bertz CT molecular complexity index is 419. The first-order chi connectivity index (χ1) is 11.2. The topological polar surface area (TPSA) is 190 Å². The van der Waals surface area contributed by atoms with Gasteiger partial charge in [-0.3, -0.25) is 0 Å². The first-order valence-electron chi connectivity index (χ1n) is 7.47. The standard InChI is InChI=1S/C13H24O11/c1-13(11(21)9(19)7(17)5(3-15)23-13)24-12-10(20)8(18)6(16)4(2-14)22-12/h4-12,14-21H,2-3H2,1H3/t4?,5?,6-,7+,8?,9+,10?,11?,12-,13-/m1/s1. The molecule has 10 atom stereocenters. The number of hydrogen-bond acceptors (Lipinski definition) is 11. The van der Waals surface area contributed by atoms with E-state index in [0.717, 1.165) is 0 Å². The van der Waals surface area contributed by atoms with Gasteiger partial charge in [0.15, 0.2) is 12.1 Å². The van der Waals surface area contributed by atoms with Gasteiger partial charge in [-0.25, -0.2) is 0 Å². The van der Waals surface area contributed by atoms with E-state index >= 15 is 0 Å². The molecule has 0 aliphatic carbocycles. The molecule has 2 heterocycles. The number of hydrogen-bond donors (Lipinski definition) is 8. The zero-order valence-electron chi connectivity index (χ0n) is 12.9. The van der Waals surface area contributed by atoms with Crippen LogP contribution in [0.15, 0.2) is 0 Å². The largest absolute Gasteiger partial charge is 0.394 e. The molecule has 142 valence electrons. The predicted molar refractivity (Wildman–Crippen MR) is 73.2 cm³/mol. The second-order valence-electron chi connectivity index (χ2n) is 6.10. The monoisotopic (exact) mass is 356 g/mol. The summed E-state index contributed by atoms with van der Waals surface area (Å²) in [6.45, 7) is -0.180. The Labute approximate surface area is 137 Å². The summed E-state index contributed by atoms with van der Waals surface area (Å²) in [5.41, 5.74) is 0. The molecule has 0 bridgehead atoms. The van der Waals surface area contributed by atoms with Gasteiger partial charge in [0.25, 0.3) is 0 Å². The van der Waals surface area contributed by atoms with Crippen molar-refractivity contribution in [3.8, 4) is 0 Å². The molecule has 2 fully saturated rings. The van der Waals surface area contributed by atoms with E-state index in [4.69, 9.17) is 19.3 Å². The van der Waals surface area contributed by atoms with Crippen molar-refractivity contribution in [2.24, 2.45) is 0 Å². The van der Waals surface area contributed by atoms with E-state index in [9.17, 15) is 35.7 Å². The molecule has 8 N–H and O–H groups in total. The van der Waals surface area contributed by atoms with Gasteiger partial charge in [-0.1, -0.05) is 0 Å². The minimum atomic E-state index is -2.01. The van der Waals surface area contributed by atoms with E-state index in [0.29, 0.717) is 0 Å². The fraction of sp³-hybridized carbons (Fsp3) is 1.00. The van der Waals surface area contributed by atoms with Crippen LogP contribution in [0.3, 0.4) is 0 Å². The Kier molecular flexibility index (Phi) is 6.16. The maximum absolute atomic E-state index is 10.1. The van der Waals surface area contributed by atoms with Gasteiger partial charge in [-0.15, -0.1) is 0 Å². The minimum Gasteiger partial charge on any atom is -0.394 e. The Balaban J connectivity index is 2.18. The average molecular weight is 356 g/mol. The third-order valence-electron chi connectivity index (χ3n) is 4.36. The van der Waals surface area contributed by atoms with Crippen LogP contribution in [-0.2, 0) is 14.2 Å². The lowest BCUT2D eigenvalue weighted by Gasteiger charge is -2.49. The lowest BCUT2D eigenvalue weighted by atomic mass is 9.93. The fourth-order valence-electron chi connectivity index (χ4n) is 2.79. The van der Waals surface area contributed by atoms with Crippen molar-refractivity contribution in [2.45, 2.75) is 67.8 Å². The number of aliphatic hydroxyl groups is 8. The van der Waals surface area contributed by atoms with Crippen molar-refractivity contribution in [2.75, 3.05) is 13.2 Å². The second-order valence-corrected chi connectivity index (χ2v) is 6.10. The zero-order chi connectivity index (χ0) is 18.2. The Morgan fingerprint density at radius 2 is 1.33 bits per heavy atom. The van der Waals surface area contributed by atoms with Crippen molar-refractivity contribution < 1.29 is 55.1 Å². The van der Waals surface area contributed by atoms with Crippen LogP contribution in [0.5, 0.6) is 0 Å². The maximum Gasteiger partial charge on any atom is 0.197 e. The van der Waals surface area contributed by atoms with E-state index in [1.54, 1.807) is 0 Å². The summed E-state index contributed by atoms with van der Waals surface area (Å²) in [6.07, 6.45) is -14.2. The molecule has 11 heteroatoms. The van der Waals surface area contributed by atoms with Crippen molar-refractivity contribution in [1.82, 2.24) is 0 Å². The molecule has 2 aliphatic rings. The minimum absolute atomic E-state index is 0.675. The van der Waals surface area contributed by atoms with E-state index in [1.165, 1.54) is 6.92 Å². The third-order valence-corrected chi connectivity index (χ3v) is 4.36. The molecule has 0 aromatic heterocycles. The van der Waals surface area contributed by atoms with Crippen LogP contribution in [0.4, 0.5) is 0 Å². The van der Waals surface area contributed by atoms with E-state index in [-0.39, 0.29) is 0 Å². The van der Waals surface area contributed by atoms with Gasteiger partial charge in [-0.05, 0) is 6.92 Å². The number of aliphatic hydroxyl groups excluding tert-OH is 8. The number of ether oxygens (including phenoxy) is 3. The lowest BCUT2D eigenvalue weighted by molar-refractivity contribution is -0.416. The highest BCUT2D eigenvalue weighted by atomic mass is 16.8. The molecule has 2 rings (SSSR count). The highest BCUT2D eigenvalue weighted by Gasteiger charge is 2.55. The van der Waals surface area contributed by atoms with Crippen LogP contribution >= 0.6 is 0 Å². The van der Waals surface area contributed by atoms with Crippen LogP contribution < -0.4 is 0 Å². The molecule has 0 amide bonds. The first-order valence-corrected chi connectivity index (χ1v) is 7.47. The second kappa shape index (κ2) is 7.43. The summed E-state index contributed by atoms with van der Waals surface area (Å²) in [5, 5.41) is 77.4. The Hall–Kier alpha value is -0.440. The normalized spacial score (nSPS) is 53.1. The molecular formula is C13H24O11. The highest BCUT2D eigenvalue weighted by molar-refractivity contribution is 4.96. The van der Waals surface area contributed by atoms with Crippen molar-refractivity contribution in [3.05, 3.63) is 0 Å². The molecule has 5 unspecified atom stereocenters. The van der Waals surface area contributed by atoms with E-state index < -0.39 is 74.1 Å². The smallest absolute Gasteiger partial charge is 0.197 e. The van der Waals surface area contributed by atoms with Gasteiger partial charge in [0, 0.05) is 0 Å². The summed E-state index contributed by atoms with van der Waals surface area (Å²) < 4.78 is 15.8. The molecule has 2 aliphatic heterocycles. The first kappa shape index (κ1) is 19.9. The van der Waals surface area contributed by atoms with Crippen LogP contribution in [-0.4, -0.2) is 115 Å². The third kappa shape index (κ3) is 3.43. The summed E-state index contributed by atoms with van der Waals surface area (Å²) >= 11 is 0. The van der Waals surface area contributed by atoms with Crippen LogP contribution in [0.25, 0.3) is 0 Å². The van der Waals surface area contributed by atoms with Gasteiger partial charge in [0.2, 0.25) is 0 Å². The average Bonchev–Trinajstić information content (AvgIpc) is 2.57. The van der Waals surface area contributed by atoms with E-state index in [1.807, 2.05) is 0 Å². The summed E-state index contributed by atoms with van der Waals surface area (Å²) in [4.78, 5) is 0. The molecule has 0 saturated carbocycles. The maximum atomic E-state index is 10.1. The molecule has 0 aromatic rings. The quantitative estimate of drug-likeness (QED) is 0.241. The lowest BCUT2D eigenvalue weighted by Crippen LogP contribution is -2.68. The molecule has 0 radical (unpaired) electrons. The van der Waals surface area contributed by atoms with Gasteiger partial charge >= 0.3 is 0 Å². The highest BCUT2D eigenvalue weighted by Crippen LogP contribution is 2.34.